The van der Waals surface area contributed by atoms with Gasteiger partial charge in [0.25, 0.3) is 0 Å². The molecule has 1 fully saturated rings. The highest BCUT2D eigenvalue weighted by Crippen LogP contribution is 2.34. The van der Waals surface area contributed by atoms with Crippen LogP contribution in [0.2, 0.25) is 0 Å². The zero-order valence-electron chi connectivity index (χ0n) is 21.0. The lowest BCUT2D eigenvalue weighted by Gasteiger charge is -2.32. The van der Waals surface area contributed by atoms with Crippen LogP contribution in [0.5, 0.6) is 0 Å². The third-order valence-electron chi connectivity index (χ3n) is 6.82. The summed E-state index contributed by atoms with van der Waals surface area (Å²) in [6, 6.07) is 14.3. The number of benzene rings is 2. The van der Waals surface area contributed by atoms with E-state index in [1.807, 2.05) is 28.9 Å². The van der Waals surface area contributed by atoms with Crippen molar-refractivity contribution in [2.24, 2.45) is 0 Å². The van der Waals surface area contributed by atoms with Gasteiger partial charge in [-0.15, -0.1) is 0 Å². The van der Waals surface area contributed by atoms with Crippen molar-refractivity contribution < 1.29 is 13.2 Å². The smallest absolute Gasteiger partial charge is 0.246 e. The Morgan fingerprint density at radius 2 is 1.95 bits per heavy atom. The lowest BCUT2D eigenvalue weighted by atomic mass is 10.1. The van der Waals surface area contributed by atoms with Crippen LogP contribution >= 0.6 is 0 Å². The highest BCUT2D eigenvalue weighted by molar-refractivity contribution is 7.89. The molecule has 0 aliphatic carbocycles. The second-order valence-electron chi connectivity index (χ2n) is 9.32. The standard InChI is InChI=1S/C27H29N7O3S/c1-3-23(35)33-14-6-8-21(16-33)34-27-24(26(28)29-17-30-27)25(32-34)20-12-10-19(11-13-20)15-31-38(36,37)22-9-5-4-7-18(22)2/h3-5,7,9-13,17,21,31H,1,6,8,14-16H2,2H3,(H2,28,29,30). The highest BCUT2D eigenvalue weighted by atomic mass is 32.2. The summed E-state index contributed by atoms with van der Waals surface area (Å²) < 4.78 is 30.0. The third kappa shape index (κ3) is 4.90. The average molecular weight is 532 g/mol. The van der Waals surface area contributed by atoms with E-state index in [4.69, 9.17) is 10.8 Å². The van der Waals surface area contributed by atoms with Crippen molar-refractivity contribution >= 4 is 32.8 Å². The molecule has 5 rings (SSSR count). The first-order valence-corrected chi connectivity index (χ1v) is 13.8. The molecule has 0 saturated carbocycles. The number of likely N-dealkylation sites (tertiary alicyclic amines) is 1. The van der Waals surface area contributed by atoms with E-state index in [-0.39, 0.29) is 23.4 Å². The number of carbonyl (C=O) groups is 1. The third-order valence-corrected chi connectivity index (χ3v) is 8.39. The number of aryl methyl sites for hydroxylation is 1. The Kier molecular flexibility index (Phi) is 6.96. The Balaban J connectivity index is 1.42. The maximum Gasteiger partial charge on any atom is 0.246 e. The number of piperidine rings is 1. The van der Waals surface area contributed by atoms with Crippen molar-refractivity contribution in [3.63, 3.8) is 0 Å². The maximum atomic E-state index is 12.8. The number of carbonyl (C=O) groups excluding carboxylic acids is 1. The molecule has 0 spiro atoms. The zero-order chi connectivity index (χ0) is 26.9. The van der Waals surface area contributed by atoms with Crippen LogP contribution in [-0.4, -0.2) is 52.1 Å². The second-order valence-corrected chi connectivity index (χ2v) is 11.1. The number of rotatable bonds is 7. The number of nitrogens with zero attached hydrogens (tertiary/aromatic N) is 5. The van der Waals surface area contributed by atoms with Crippen molar-refractivity contribution in [3.05, 3.63) is 78.6 Å². The molecule has 2 aromatic heterocycles. The number of anilines is 1. The normalized spacial score (nSPS) is 16.0. The Morgan fingerprint density at radius 3 is 2.68 bits per heavy atom. The Bertz CT molecular complexity index is 1610. The molecule has 196 valence electrons. The number of hydrogen-bond acceptors (Lipinski definition) is 7. The van der Waals surface area contributed by atoms with Gasteiger partial charge in [-0.1, -0.05) is 49.0 Å². The molecule has 4 aromatic rings. The molecule has 0 radical (unpaired) electrons. The van der Waals surface area contributed by atoms with Gasteiger partial charge in [-0.3, -0.25) is 4.79 Å². The number of nitrogen functional groups attached to an aromatic ring is 1. The van der Waals surface area contributed by atoms with E-state index in [9.17, 15) is 13.2 Å². The monoisotopic (exact) mass is 531 g/mol. The summed E-state index contributed by atoms with van der Waals surface area (Å²) in [5.41, 5.74) is 9.80. The minimum atomic E-state index is -3.64. The molecular weight excluding hydrogens is 502 g/mol. The van der Waals surface area contributed by atoms with Crippen molar-refractivity contribution in [2.45, 2.75) is 37.2 Å². The molecule has 0 bridgehead atoms. The van der Waals surface area contributed by atoms with Gasteiger partial charge in [-0.2, -0.15) is 5.10 Å². The van der Waals surface area contributed by atoms with Crippen LogP contribution in [0.15, 0.2) is 72.4 Å². The van der Waals surface area contributed by atoms with Crippen molar-refractivity contribution in [2.75, 3.05) is 18.8 Å². The van der Waals surface area contributed by atoms with E-state index in [0.29, 0.717) is 41.2 Å². The molecule has 1 aliphatic heterocycles. The molecule has 11 heteroatoms. The molecule has 3 N–H and O–H groups in total. The van der Waals surface area contributed by atoms with Crippen LogP contribution in [0.1, 0.15) is 30.0 Å². The Labute approximate surface area is 221 Å². The van der Waals surface area contributed by atoms with E-state index < -0.39 is 10.0 Å². The van der Waals surface area contributed by atoms with Crippen LogP contribution in [0.25, 0.3) is 22.3 Å². The molecule has 38 heavy (non-hydrogen) atoms. The number of amides is 1. The molecule has 10 nitrogen and oxygen atoms in total. The van der Waals surface area contributed by atoms with Crippen molar-refractivity contribution in [1.29, 1.82) is 0 Å². The minimum Gasteiger partial charge on any atom is -0.383 e. The van der Waals surface area contributed by atoms with Crippen LogP contribution in [-0.2, 0) is 21.4 Å². The highest BCUT2D eigenvalue weighted by Gasteiger charge is 2.28. The van der Waals surface area contributed by atoms with Gasteiger partial charge in [-0.05, 0) is 43.0 Å². The summed E-state index contributed by atoms with van der Waals surface area (Å²) in [5, 5.41) is 5.53. The summed E-state index contributed by atoms with van der Waals surface area (Å²) in [6.45, 7) is 6.70. The number of nitrogens with one attached hydrogen (secondary N) is 1. The van der Waals surface area contributed by atoms with E-state index in [0.717, 1.165) is 24.0 Å². The molecule has 3 heterocycles. The van der Waals surface area contributed by atoms with Gasteiger partial charge in [-0.25, -0.2) is 27.8 Å². The van der Waals surface area contributed by atoms with Crippen molar-refractivity contribution in [1.82, 2.24) is 29.4 Å². The lowest BCUT2D eigenvalue weighted by molar-refractivity contribution is -0.127. The van der Waals surface area contributed by atoms with E-state index in [2.05, 4.69) is 21.3 Å². The number of sulfonamides is 1. The molecular formula is C27H29N7O3S. The number of hydrogen-bond donors (Lipinski definition) is 2. The van der Waals surface area contributed by atoms with Gasteiger partial charge in [0, 0.05) is 25.2 Å². The molecule has 1 saturated heterocycles. The molecule has 1 atom stereocenters. The van der Waals surface area contributed by atoms with E-state index >= 15 is 0 Å². The Morgan fingerprint density at radius 1 is 1.18 bits per heavy atom. The summed E-state index contributed by atoms with van der Waals surface area (Å²) in [4.78, 5) is 22.9. The van der Waals surface area contributed by atoms with Crippen LogP contribution < -0.4 is 10.5 Å². The quantitative estimate of drug-likeness (QED) is 0.350. The van der Waals surface area contributed by atoms with Gasteiger partial charge in [0.1, 0.15) is 17.8 Å². The zero-order valence-corrected chi connectivity index (χ0v) is 21.9. The SMILES string of the molecule is C=CC(=O)N1CCCC(n2nc(-c3ccc(CNS(=O)(=O)c4ccccc4C)cc3)c3c(N)ncnc32)C1. The number of aromatic nitrogens is 4. The summed E-state index contributed by atoms with van der Waals surface area (Å²) in [7, 11) is -3.64. The molecule has 1 unspecified atom stereocenters. The summed E-state index contributed by atoms with van der Waals surface area (Å²) >= 11 is 0. The largest absolute Gasteiger partial charge is 0.383 e. The van der Waals surface area contributed by atoms with Crippen LogP contribution in [0.4, 0.5) is 5.82 Å². The second kappa shape index (κ2) is 10.3. The van der Waals surface area contributed by atoms with E-state index in [1.54, 1.807) is 36.1 Å². The summed E-state index contributed by atoms with van der Waals surface area (Å²) in [6.07, 6.45) is 4.44. The van der Waals surface area contributed by atoms with Gasteiger partial charge in [0.2, 0.25) is 15.9 Å². The lowest BCUT2D eigenvalue weighted by Crippen LogP contribution is -2.40. The van der Waals surface area contributed by atoms with Crippen LogP contribution in [0, 0.1) is 6.92 Å². The first kappa shape index (κ1) is 25.6. The molecule has 2 aromatic carbocycles. The molecule has 1 aliphatic rings. The van der Waals surface area contributed by atoms with E-state index in [1.165, 1.54) is 12.4 Å². The van der Waals surface area contributed by atoms with Crippen LogP contribution in [0.3, 0.4) is 0 Å². The first-order valence-electron chi connectivity index (χ1n) is 12.3. The van der Waals surface area contributed by atoms with Gasteiger partial charge in [0.15, 0.2) is 5.65 Å². The summed E-state index contributed by atoms with van der Waals surface area (Å²) in [5.74, 6) is 0.218. The maximum absolute atomic E-state index is 12.8. The number of nitrogens with two attached hydrogens (primary N) is 1. The average Bonchev–Trinajstić information content (AvgIpc) is 3.33. The first-order chi connectivity index (χ1) is 18.3. The Hall–Kier alpha value is -4.09. The van der Waals surface area contributed by atoms with Gasteiger partial charge in [0.05, 0.1) is 16.3 Å². The topological polar surface area (TPSA) is 136 Å². The fourth-order valence-electron chi connectivity index (χ4n) is 4.83. The number of fused-ring (bicyclic) bond motifs is 1. The fourth-order valence-corrected chi connectivity index (χ4v) is 6.09. The van der Waals surface area contributed by atoms with Gasteiger partial charge >= 0.3 is 0 Å². The predicted molar refractivity (Wildman–Crippen MR) is 145 cm³/mol. The predicted octanol–water partition coefficient (Wildman–Crippen LogP) is 3.21. The minimum absolute atomic E-state index is 0.0617. The molecule has 1 amide bonds. The van der Waals surface area contributed by atoms with Gasteiger partial charge < -0.3 is 10.6 Å². The fraction of sp³-hybridized carbons (Fsp3) is 0.259. The van der Waals surface area contributed by atoms with Crippen molar-refractivity contribution in [3.8, 4) is 11.3 Å².